The van der Waals surface area contributed by atoms with Crippen molar-refractivity contribution in [1.29, 1.82) is 0 Å². The summed E-state index contributed by atoms with van der Waals surface area (Å²) in [5.74, 6) is 0.574. The highest BCUT2D eigenvalue weighted by atomic mass is 79.9. The SMILES string of the molecule is CCNC(c1ccn(Cc2cccc(F)c2Br)c1)C1CC1. The first kappa shape index (κ1) is 14.8. The molecule has 2 nitrogen and oxygen atoms in total. The normalized spacial score (nSPS) is 16.1. The van der Waals surface area contributed by atoms with Gasteiger partial charge in [-0.15, -0.1) is 0 Å². The average Bonchev–Trinajstić information content (AvgIpc) is 3.21. The zero-order valence-corrected chi connectivity index (χ0v) is 13.7. The fraction of sp³-hybridized carbons (Fsp3) is 0.412. The van der Waals surface area contributed by atoms with Crippen molar-refractivity contribution in [2.24, 2.45) is 5.92 Å². The Labute approximate surface area is 133 Å². The maximum absolute atomic E-state index is 13.6. The number of rotatable bonds is 6. The molecule has 0 radical (unpaired) electrons. The van der Waals surface area contributed by atoms with Gasteiger partial charge in [0.1, 0.15) is 5.82 Å². The van der Waals surface area contributed by atoms with Crippen molar-refractivity contribution in [2.45, 2.75) is 32.4 Å². The molecule has 1 aromatic heterocycles. The highest BCUT2D eigenvalue weighted by molar-refractivity contribution is 9.10. The first-order valence-corrected chi connectivity index (χ1v) is 8.30. The minimum Gasteiger partial charge on any atom is -0.350 e. The Balaban J connectivity index is 1.76. The van der Waals surface area contributed by atoms with Crippen LogP contribution < -0.4 is 5.32 Å². The van der Waals surface area contributed by atoms with Crippen LogP contribution >= 0.6 is 15.9 Å². The lowest BCUT2D eigenvalue weighted by Crippen LogP contribution is -2.22. The molecule has 1 heterocycles. The number of nitrogens with one attached hydrogen (secondary N) is 1. The predicted octanol–water partition coefficient (Wildman–Crippen LogP) is 4.50. The van der Waals surface area contributed by atoms with Crippen LogP contribution in [0.3, 0.4) is 0 Å². The van der Waals surface area contributed by atoms with E-state index in [0.29, 0.717) is 17.1 Å². The maximum Gasteiger partial charge on any atom is 0.137 e. The van der Waals surface area contributed by atoms with E-state index in [4.69, 9.17) is 0 Å². The Morgan fingerprint density at radius 3 is 2.90 bits per heavy atom. The van der Waals surface area contributed by atoms with E-state index in [1.165, 1.54) is 24.5 Å². The second-order valence-corrected chi connectivity index (χ2v) is 6.50. The number of hydrogen-bond donors (Lipinski definition) is 1. The van der Waals surface area contributed by atoms with Gasteiger partial charge < -0.3 is 9.88 Å². The molecule has 1 aliphatic rings. The van der Waals surface area contributed by atoms with Gasteiger partial charge in [-0.05, 0) is 64.5 Å². The molecule has 1 unspecified atom stereocenters. The van der Waals surface area contributed by atoms with Gasteiger partial charge in [0, 0.05) is 25.0 Å². The Hall–Kier alpha value is -1.13. The number of nitrogens with zero attached hydrogens (tertiary/aromatic N) is 1. The fourth-order valence-corrected chi connectivity index (χ4v) is 3.20. The van der Waals surface area contributed by atoms with E-state index in [1.54, 1.807) is 6.07 Å². The monoisotopic (exact) mass is 350 g/mol. The van der Waals surface area contributed by atoms with E-state index < -0.39 is 0 Å². The minimum absolute atomic E-state index is 0.205. The van der Waals surface area contributed by atoms with Crippen LogP contribution in [0.4, 0.5) is 4.39 Å². The van der Waals surface area contributed by atoms with E-state index in [-0.39, 0.29) is 5.82 Å². The Morgan fingerprint density at radius 1 is 1.38 bits per heavy atom. The predicted molar refractivity (Wildman–Crippen MR) is 86.8 cm³/mol. The van der Waals surface area contributed by atoms with E-state index in [9.17, 15) is 4.39 Å². The number of benzene rings is 1. The van der Waals surface area contributed by atoms with E-state index >= 15 is 0 Å². The summed E-state index contributed by atoms with van der Waals surface area (Å²) in [5, 5.41) is 3.58. The quantitative estimate of drug-likeness (QED) is 0.811. The summed E-state index contributed by atoms with van der Waals surface area (Å²) < 4.78 is 16.3. The van der Waals surface area contributed by atoms with Crippen LogP contribution in [0.5, 0.6) is 0 Å². The van der Waals surface area contributed by atoms with Crippen LogP contribution in [0.25, 0.3) is 0 Å². The van der Waals surface area contributed by atoms with Crippen LogP contribution in [-0.2, 0) is 6.54 Å². The molecule has 1 saturated carbocycles. The summed E-state index contributed by atoms with van der Waals surface area (Å²) in [6, 6.07) is 7.83. The molecule has 0 saturated heterocycles. The van der Waals surface area contributed by atoms with Gasteiger partial charge in [0.25, 0.3) is 0 Å². The van der Waals surface area contributed by atoms with Gasteiger partial charge >= 0.3 is 0 Å². The molecule has 1 N–H and O–H groups in total. The van der Waals surface area contributed by atoms with Crippen LogP contribution in [-0.4, -0.2) is 11.1 Å². The first-order chi connectivity index (χ1) is 10.2. The molecule has 3 rings (SSSR count). The summed E-state index contributed by atoms with van der Waals surface area (Å²) in [5.41, 5.74) is 2.30. The van der Waals surface area contributed by atoms with Gasteiger partial charge in [0.05, 0.1) is 4.47 Å². The van der Waals surface area contributed by atoms with E-state index in [0.717, 1.165) is 18.0 Å². The molecule has 0 amide bonds. The van der Waals surface area contributed by atoms with Gasteiger partial charge in [-0.25, -0.2) is 4.39 Å². The summed E-state index contributed by atoms with van der Waals surface area (Å²) in [4.78, 5) is 0. The van der Waals surface area contributed by atoms with Crippen LogP contribution in [0.15, 0.2) is 41.1 Å². The van der Waals surface area contributed by atoms with Gasteiger partial charge in [-0.1, -0.05) is 19.1 Å². The number of hydrogen-bond acceptors (Lipinski definition) is 1. The Kier molecular flexibility index (Phi) is 4.45. The number of halogens is 2. The highest BCUT2D eigenvalue weighted by Crippen LogP contribution is 2.41. The van der Waals surface area contributed by atoms with Crippen LogP contribution in [0.1, 0.15) is 36.9 Å². The summed E-state index contributed by atoms with van der Waals surface area (Å²) in [6.45, 7) is 3.82. The topological polar surface area (TPSA) is 17.0 Å². The Morgan fingerprint density at radius 2 is 2.19 bits per heavy atom. The molecule has 2 aromatic rings. The molecule has 1 aliphatic carbocycles. The molecule has 1 atom stereocenters. The van der Waals surface area contributed by atoms with Crippen molar-refractivity contribution in [3.05, 3.63) is 58.1 Å². The van der Waals surface area contributed by atoms with Gasteiger partial charge in [0.15, 0.2) is 0 Å². The lowest BCUT2D eigenvalue weighted by atomic mass is 10.1. The van der Waals surface area contributed by atoms with Gasteiger partial charge in [-0.3, -0.25) is 0 Å². The van der Waals surface area contributed by atoms with Crippen molar-refractivity contribution in [3.63, 3.8) is 0 Å². The molecule has 0 bridgehead atoms. The van der Waals surface area contributed by atoms with Crippen molar-refractivity contribution >= 4 is 15.9 Å². The highest BCUT2D eigenvalue weighted by Gasteiger charge is 2.32. The molecule has 0 aliphatic heterocycles. The van der Waals surface area contributed by atoms with Crippen LogP contribution in [0.2, 0.25) is 0 Å². The molecule has 112 valence electrons. The lowest BCUT2D eigenvalue weighted by molar-refractivity contribution is 0.495. The van der Waals surface area contributed by atoms with Gasteiger partial charge in [-0.2, -0.15) is 0 Å². The second-order valence-electron chi connectivity index (χ2n) is 5.70. The zero-order chi connectivity index (χ0) is 14.8. The first-order valence-electron chi connectivity index (χ1n) is 7.51. The average molecular weight is 351 g/mol. The third kappa shape index (κ3) is 3.38. The van der Waals surface area contributed by atoms with Crippen molar-refractivity contribution in [3.8, 4) is 0 Å². The zero-order valence-electron chi connectivity index (χ0n) is 12.2. The van der Waals surface area contributed by atoms with E-state index in [2.05, 4.69) is 51.2 Å². The third-order valence-corrected chi connectivity index (χ3v) is 4.92. The lowest BCUT2D eigenvalue weighted by Gasteiger charge is -2.15. The van der Waals surface area contributed by atoms with Crippen LogP contribution in [0, 0.1) is 11.7 Å². The van der Waals surface area contributed by atoms with E-state index in [1.807, 2.05) is 6.07 Å². The number of aromatic nitrogens is 1. The fourth-order valence-electron chi connectivity index (χ4n) is 2.82. The molecule has 4 heteroatoms. The summed E-state index contributed by atoms with van der Waals surface area (Å²) in [6.07, 6.45) is 6.90. The Bertz CT molecular complexity index is 619. The standard InChI is InChI=1S/C17H20BrFN2/c1-2-20-17(12-6-7-12)14-8-9-21(11-14)10-13-4-3-5-15(19)16(13)18/h3-5,8-9,11-12,17,20H,2,6-7,10H2,1H3. The smallest absolute Gasteiger partial charge is 0.137 e. The molecular weight excluding hydrogens is 331 g/mol. The summed E-state index contributed by atoms with van der Waals surface area (Å²) in [7, 11) is 0. The molecule has 1 fully saturated rings. The molecule has 1 aromatic carbocycles. The second kappa shape index (κ2) is 6.32. The molecule has 0 spiro atoms. The molecule has 21 heavy (non-hydrogen) atoms. The maximum atomic E-state index is 13.6. The molecular formula is C17H20BrFN2. The largest absolute Gasteiger partial charge is 0.350 e. The third-order valence-electron chi connectivity index (χ3n) is 4.03. The summed E-state index contributed by atoms with van der Waals surface area (Å²) >= 11 is 3.33. The van der Waals surface area contributed by atoms with Crippen molar-refractivity contribution in [2.75, 3.05) is 6.54 Å². The van der Waals surface area contributed by atoms with Crippen molar-refractivity contribution < 1.29 is 4.39 Å². The van der Waals surface area contributed by atoms with Gasteiger partial charge in [0.2, 0.25) is 0 Å². The van der Waals surface area contributed by atoms with Crippen molar-refractivity contribution in [1.82, 2.24) is 9.88 Å². The minimum atomic E-state index is -0.205.